The molecule has 0 bridgehead atoms. The molecule has 3 atom stereocenters. The Morgan fingerprint density at radius 2 is 2.29 bits per heavy atom. The molecule has 2 heterocycles. The van der Waals surface area contributed by atoms with Gasteiger partial charge >= 0.3 is 5.97 Å². The van der Waals surface area contributed by atoms with E-state index in [1.165, 1.54) is 11.3 Å². The van der Waals surface area contributed by atoms with Crippen molar-refractivity contribution in [2.24, 2.45) is 5.92 Å². The first-order valence-electron chi connectivity index (χ1n) is 6.96. The zero-order valence-electron chi connectivity index (χ0n) is 12.0. The molecule has 1 aromatic heterocycles. The average Bonchev–Trinajstić information content (AvgIpc) is 3.01. The molecule has 118 valence electrons. The van der Waals surface area contributed by atoms with Crippen molar-refractivity contribution in [2.75, 3.05) is 19.8 Å². The molecule has 1 aliphatic heterocycles. The molecule has 4 nitrogen and oxygen atoms in total. The van der Waals surface area contributed by atoms with E-state index >= 15 is 0 Å². The molecule has 0 radical (unpaired) electrons. The number of thiophene rings is 1. The molecule has 7 heteroatoms. The summed E-state index contributed by atoms with van der Waals surface area (Å²) in [5.41, 5.74) is 0.955. The van der Waals surface area contributed by atoms with Crippen LogP contribution in [0.1, 0.15) is 31.9 Å². The first kappa shape index (κ1) is 17.0. The quantitative estimate of drug-likeness (QED) is 0.843. The van der Waals surface area contributed by atoms with Crippen LogP contribution in [-0.4, -0.2) is 41.8 Å². The standard InChI is InChI=1S/C14H19Cl2NO3S/c1-3-4-17(11-7-20-6-10(11)14(18)19)8(2)9-5-12(15)21-13(9)16/h5,8,10-11H,3-4,6-7H2,1-2H3,(H,18,19). The highest BCUT2D eigenvalue weighted by atomic mass is 35.5. The van der Waals surface area contributed by atoms with E-state index < -0.39 is 11.9 Å². The minimum Gasteiger partial charge on any atom is -0.481 e. The Labute approximate surface area is 138 Å². The number of carbonyl (C=O) groups is 1. The second-order valence-electron chi connectivity index (χ2n) is 5.24. The zero-order chi connectivity index (χ0) is 15.6. The lowest BCUT2D eigenvalue weighted by Gasteiger charge is -2.35. The van der Waals surface area contributed by atoms with Crippen molar-refractivity contribution in [1.82, 2.24) is 4.90 Å². The average molecular weight is 352 g/mol. The van der Waals surface area contributed by atoms with Gasteiger partial charge in [0.25, 0.3) is 0 Å². The van der Waals surface area contributed by atoms with Crippen molar-refractivity contribution in [3.05, 3.63) is 20.3 Å². The van der Waals surface area contributed by atoms with E-state index in [4.69, 9.17) is 27.9 Å². The van der Waals surface area contributed by atoms with Gasteiger partial charge in [0.1, 0.15) is 0 Å². The summed E-state index contributed by atoms with van der Waals surface area (Å²) in [7, 11) is 0. The normalized spacial score (nSPS) is 23.7. The van der Waals surface area contributed by atoms with Crippen molar-refractivity contribution in [3.8, 4) is 0 Å². The number of hydrogen-bond donors (Lipinski definition) is 1. The molecule has 1 aromatic rings. The predicted octanol–water partition coefficient (Wildman–Crippen LogP) is 3.93. The molecule has 0 aromatic carbocycles. The van der Waals surface area contributed by atoms with Crippen LogP contribution in [0.5, 0.6) is 0 Å². The van der Waals surface area contributed by atoms with Gasteiger partial charge in [0.15, 0.2) is 0 Å². The molecule has 1 aliphatic rings. The van der Waals surface area contributed by atoms with E-state index in [9.17, 15) is 9.90 Å². The minimum absolute atomic E-state index is 0.00903. The molecule has 1 N–H and O–H groups in total. The number of hydrogen-bond acceptors (Lipinski definition) is 4. The molecule has 21 heavy (non-hydrogen) atoms. The van der Waals surface area contributed by atoms with Gasteiger partial charge in [-0.05, 0) is 26.0 Å². The Morgan fingerprint density at radius 1 is 1.57 bits per heavy atom. The number of carboxylic acids is 1. The molecule has 1 fully saturated rings. The number of ether oxygens (including phenoxy) is 1. The largest absolute Gasteiger partial charge is 0.481 e. The second kappa shape index (κ2) is 7.29. The second-order valence-corrected chi connectivity index (χ2v) is 7.53. The van der Waals surface area contributed by atoms with Crippen LogP contribution in [0.2, 0.25) is 8.67 Å². The molecule has 3 unspecified atom stereocenters. The van der Waals surface area contributed by atoms with Crippen LogP contribution in [0.15, 0.2) is 6.07 Å². The molecular formula is C14H19Cl2NO3S. The molecular weight excluding hydrogens is 333 g/mol. The number of halogens is 2. The number of aliphatic carboxylic acids is 1. The lowest BCUT2D eigenvalue weighted by Crippen LogP contribution is -2.44. The SMILES string of the molecule is CCCN(C(C)c1cc(Cl)sc1Cl)C1COCC1C(=O)O. The van der Waals surface area contributed by atoms with Crippen molar-refractivity contribution in [3.63, 3.8) is 0 Å². The third-order valence-corrected chi connectivity index (χ3v) is 5.42. The maximum absolute atomic E-state index is 11.4. The van der Waals surface area contributed by atoms with Crippen LogP contribution in [0.3, 0.4) is 0 Å². The first-order valence-corrected chi connectivity index (χ1v) is 8.54. The fourth-order valence-corrected chi connectivity index (χ4v) is 4.46. The lowest BCUT2D eigenvalue weighted by molar-refractivity contribution is -0.143. The summed E-state index contributed by atoms with van der Waals surface area (Å²) in [6.07, 6.45) is 0.933. The topological polar surface area (TPSA) is 49.8 Å². The van der Waals surface area contributed by atoms with E-state index in [-0.39, 0.29) is 18.7 Å². The monoisotopic (exact) mass is 351 g/mol. The Morgan fingerprint density at radius 3 is 2.81 bits per heavy atom. The Hall–Kier alpha value is -0.330. The lowest BCUT2D eigenvalue weighted by atomic mass is 9.99. The predicted molar refractivity (Wildman–Crippen MR) is 85.5 cm³/mol. The molecule has 0 amide bonds. The minimum atomic E-state index is -0.805. The fourth-order valence-electron chi connectivity index (χ4n) is 2.83. The summed E-state index contributed by atoms with van der Waals surface area (Å²) in [5.74, 6) is -1.30. The maximum Gasteiger partial charge on any atom is 0.310 e. The van der Waals surface area contributed by atoms with Gasteiger partial charge in [-0.25, -0.2) is 0 Å². The van der Waals surface area contributed by atoms with Gasteiger partial charge in [0.2, 0.25) is 0 Å². The van der Waals surface area contributed by atoms with E-state index in [1.807, 2.05) is 13.0 Å². The molecule has 0 spiro atoms. The van der Waals surface area contributed by atoms with Crippen molar-refractivity contribution in [2.45, 2.75) is 32.4 Å². The molecule has 2 rings (SSSR count). The van der Waals surface area contributed by atoms with Gasteiger partial charge in [0, 0.05) is 17.6 Å². The summed E-state index contributed by atoms with van der Waals surface area (Å²) in [6, 6.07) is 1.75. The third kappa shape index (κ3) is 3.71. The zero-order valence-corrected chi connectivity index (χ0v) is 14.3. The number of carboxylic acid groups (broad SMARTS) is 1. The van der Waals surface area contributed by atoms with Gasteiger partial charge in [-0.2, -0.15) is 0 Å². The van der Waals surface area contributed by atoms with E-state index in [0.29, 0.717) is 15.3 Å². The molecule has 0 aliphatic carbocycles. The highest BCUT2D eigenvalue weighted by molar-refractivity contribution is 7.20. The van der Waals surface area contributed by atoms with Crippen LogP contribution in [0.4, 0.5) is 0 Å². The van der Waals surface area contributed by atoms with Crippen LogP contribution in [-0.2, 0) is 9.53 Å². The van der Waals surface area contributed by atoms with Gasteiger partial charge < -0.3 is 9.84 Å². The van der Waals surface area contributed by atoms with Gasteiger partial charge in [-0.1, -0.05) is 30.1 Å². The highest BCUT2D eigenvalue weighted by Crippen LogP contribution is 2.39. The number of rotatable bonds is 6. The summed E-state index contributed by atoms with van der Waals surface area (Å²) >= 11 is 13.6. The molecule has 0 saturated carbocycles. The van der Waals surface area contributed by atoms with E-state index in [0.717, 1.165) is 18.5 Å². The number of nitrogens with zero attached hydrogens (tertiary/aromatic N) is 1. The smallest absolute Gasteiger partial charge is 0.310 e. The van der Waals surface area contributed by atoms with Crippen molar-refractivity contribution in [1.29, 1.82) is 0 Å². The van der Waals surface area contributed by atoms with E-state index in [2.05, 4.69) is 11.8 Å². The van der Waals surface area contributed by atoms with Crippen molar-refractivity contribution < 1.29 is 14.6 Å². The first-order chi connectivity index (χ1) is 9.95. The van der Waals surface area contributed by atoms with Crippen LogP contribution in [0, 0.1) is 5.92 Å². The summed E-state index contributed by atoms with van der Waals surface area (Å²) in [6.45, 7) is 5.62. The van der Waals surface area contributed by atoms with Crippen LogP contribution in [0.25, 0.3) is 0 Å². The van der Waals surface area contributed by atoms with Gasteiger partial charge in [-0.3, -0.25) is 9.69 Å². The Balaban J connectivity index is 2.25. The fraction of sp³-hybridized carbons (Fsp3) is 0.643. The van der Waals surface area contributed by atoms with Crippen molar-refractivity contribution >= 4 is 40.5 Å². The Bertz CT molecular complexity index is 508. The van der Waals surface area contributed by atoms with Gasteiger partial charge in [-0.15, -0.1) is 11.3 Å². The van der Waals surface area contributed by atoms with Crippen LogP contribution < -0.4 is 0 Å². The third-order valence-electron chi connectivity index (χ3n) is 3.91. The molecule has 1 saturated heterocycles. The summed E-state index contributed by atoms with van der Waals surface area (Å²) < 4.78 is 6.72. The van der Waals surface area contributed by atoms with Crippen LogP contribution >= 0.6 is 34.5 Å². The summed E-state index contributed by atoms with van der Waals surface area (Å²) in [4.78, 5) is 13.6. The highest BCUT2D eigenvalue weighted by Gasteiger charge is 2.40. The van der Waals surface area contributed by atoms with E-state index in [1.54, 1.807) is 0 Å². The Kier molecular flexibility index (Phi) is 5.91. The summed E-state index contributed by atoms with van der Waals surface area (Å²) in [5, 5.41) is 9.36. The maximum atomic E-state index is 11.4. The van der Waals surface area contributed by atoms with Gasteiger partial charge in [0.05, 0.1) is 27.8 Å².